The molecule has 1 aromatic rings. The van der Waals surface area contributed by atoms with Gasteiger partial charge in [0.05, 0.1) is 12.2 Å². The smallest absolute Gasteiger partial charge is 0.260 e. The average molecular weight is 265 g/mol. The van der Waals surface area contributed by atoms with Gasteiger partial charge in [-0.05, 0) is 26.0 Å². The van der Waals surface area contributed by atoms with Crippen LogP contribution in [0.25, 0.3) is 0 Å². The van der Waals surface area contributed by atoms with Crippen LogP contribution in [0.15, 0.2) is 24.3 Å². The fourth-order valence-corrected chi connectivity index (χ4v) is 1.52. The molecule has 0 bridgehead atoms. The second-order valence-corrected chi connectivity index (χ2v) is 4.10. The van der Waals surface area contributed by atoms with Crippen LogP contribution in [0.2, 0.25) is 0 Å². The molecule has 1 aromatic carbocycles. The Morgan fingerprint density at radius 2 is 2.00 bits per heavy atom. The van der Waals surface area contributed by atoms with E-state index in [1.54, 1.807) is 38.3 Å². The highest BCUT2D eigenvalue weighted by Gasteiger charge is 2.16. The van der Waals surface area contributed by atoms with Crippen molar-refractivity contribution in [1.29, 1.82) is 0 Å². The van der Waals surface area contributed by atoms with Crippen molar-refractivity contribution in [3.05, 3.63) is 29.8 Å². The van der Waals surface area contributed by atoms with Gasteiger partial charge in [0.15, 0.2) is 11.9 Å². The number of hydrogen-bond donors (Lipinski definition) is 1. The monoisotopic (exact) mass is 265 g/mol. The fourth-order valence-electron chi connectivity index (χ4n) is 1.52. The van der Waals surface area contributed by atoms with E-state index >= 15 is 0 Å². The first-order chi connectivity index (χ1) is 9.06. The Bertz CT molecular complexity index is 445. The number of hydrogen-bond acceptors (Lipinski definition) is 4. The normalized spacial score (nSPS) is 11.7. The van der Waals surface area contributed by atoms with Crippen molar-refractivity contribution in [2.75, 3.05) is 20.3 Å². The largest absolute Gasteiger partial charge is 0.480 e. The van der Waals surface area contributed by atoms with Crippen LogP contribution in [0, 0.1) is 0 Å². The predicted octanol–water partition coefficient (Wildman–Crippen LogP) is 1.42. The van der Waals surface area contributed by atoms with Gasteiger partial charge in [-0.1, -0.05) is 12.1 Å². The number of Topliss-reactive ketones (excluding diaryl/α,β-unsaturated/α-hetero) is 1. The van der Waals surface area contributed by atoms with Gasteiger partial charge in [0.25, 0.3) is 5.91 Å². The summed E-state index contributed by atoms with van der Waals surface area (Å²) in [6.45, 7) is 3.98. The second-order valence-electron chi connectivity index (χ2n) is 4.10. The molecule has 0 spiro atoms. The maximum atomic E-state index is 11.7. The number of methoxy groups -OCH3 is 1. The van der Waals surface area contributed by atoms with Crippen LogP contribution in [-0.2, 0) is 9.53 Å². The summed E-state index contributed by atoms with van der Waals surface area (Å²) in [5.74, 6) is 0.0855. The summed E-state index contributed by atoms with van der Waals surface area (Å²) in [5.41, 5.74) is 0.471. The van der Waals surface area contributed by atoms with Crippen LogP contribution in [0.4, 0.5) is 0 Å². The van der Waals surface area contributed by atoms with Gasteiger partial charge in [0, 0.05) is 13.7 Å². The van der Waals surface area contributed by atoms with E-state index in [1.807, 2.05) is 0 Å². The molecule has 0 heterocycles. The van der Waals surface area contributed by atoms with Crippen molar-refractivity contribution in [2.45, 2.75) is 20.0 Å². The first kappa shape index (κ1) is 15.2. The number of ketones is 1. The Hall–Kier alpha value is -1.88. The highest BCUT2D eigenvalue weighted by molar-refractivity contribution is 5.96. The standard InChI is InChI=1S/C14H19NO4/c1-10(16)12-6-4-5-7-13(12)19-11(2)14(17)15-8-9-18-3/h4-7,11H,8-9H2,1-3H3,(H,15,17). The lowest BCUT2D eigenvalue weighted by molar-refractivity contribution is -0.127. The van der Waals surface area contributed by atoms with E-state index in [0.29, 0.717) is 24.5 Å². The van der Waals surface area contributed by atoms with Gasteiger partial charge in [-0.15, -0.1) is 0 Å². The number of nitrogens with one attached hydrogen (secondary N) is 1. The predicted molar refractivity (Wildman–Crippen MR) is 71.4 cm³/mol. The number of rotatable bonds is 7. The SMILES string of the molecule is COCCNC(=O)C(C)Oc1ccccc1C(C)=O. The quantitative estimate of drug-likeness (QED) is 0.598. The number of para-hydroxylation sites is 1. The van der Waals surface area contributed by atoms with Gasteiger partial charge in [0.2, 0.25) is 0 Å². The minimum Gasteiger partial charge on any atom is -0.480 e. The summed E-state index contributed by atoms with van der Waals surface area (Å²) in [7, 11) is 1.56. The molecular formula is C14H19NO4. The number of ether oxygens (including phenoxy) is 2. The number of carbonyl (C=O) groups excluding carboxylic acids is 2. The molecule has 0 saturated carbocycles. The third kappa shape index (κ3) is 4.71. The molecule has 1 amide bonds. The topological polar surface area (TPSA) is 64.6 Å². The summed E-state index contributed by atoms with van der Waals surface area (Å²) in [6.07, 6.45) is -0.669. The Labute approximate surface area is 112 Å². The van der Waals surface area contributed by atoms with Gasteiger partial charge in [-0.2, -0.15) is 0 Å². The zero-order chi connectivity index (χ0) is 14.3. The van der Waals surface area contributed by atoms with Crippen molar-refractivity contribution in [3.63, 3.8) is 0 Å². The maximum Gasteiger partial charge on any atom is 0.260 e. The summed E-state index contributed by atoms with van der Waals surface area (Å²) in [4.78, 5) is 23.2. The molecule has 0 radical (unpaired) electrons. The Morgan fingerprint density at radius 1 is 1.32 bits per heavy atom. The molecule has 5 nitrogen and oxygen atoms in total. The molecular weight excluding hydrogens is 246 g/mol. The molecule has 0 fully saturated rings. The van der Waals surface area contributed by atoms with E-state index in [-0.39, 0.29) is 11.7 Å². The van der Waals surface area contributed by atoms with Crippen LogP contribution in [0.3, 0.4) is 0 Å². The zero-order valence-corrected chi connectivity index (χ0v) is 11.4. The zero-order valence-electron chi connectivity index (χ0n) is 11.4. The van der Waals surface area contributed by atoms with Crippen molar-refractivity contribution in [3.8, 4) is 5.75 Å². The van der Waals surface area contributed by atoms with E-state index in [1.165, 1.54) is 6.92 Å². The van der Waals surface area contributed by atoms with Crippen molar-refractivity contribution >= 4 is 11.7 Å². The molecule has 1 rings (SSSR count). The Morgan fingerprint density at radius 3 is 2.63 bits per heavy atom. The number of amides is 1. The van der Waals surface area contributed by atoms with E-state index < -0.39 is 6.10 Å². The third-order valence-electron chi connectivity index (χ3n) is 2.54. The lowest BCUT2D eigenvalue weighted by atomic mass is 10.1. The van der Waals surface area contributed by atoms with Crippen LogP contribution < -0.4 is 10.1 Å². The van der Waals surface area contributed by atoms with Gasteiger partial charge >= 0.3 is 0 Å². The Balaban J connectivity index is 2.63. The van der Waals surface area contributed by atoms with E-state index in [9.17, 15) is 9.59 Å². The molecule has 0 aliphatic carbocycles. The summed E-state index contributed by atoms with van der Waals surface area (Å²) < 4.78 is 10.4. The van der Waals surface area contributed by atoms with E-state index in [0.717, 1.165) is 0 Å². The van der Waals surface area contributed by atoms with Crippen molar-refractivity contribution in [2.24, 2.45) is 0 Å². The summed E-state index contributed by atoms with van der Waals surface area (Å²) in [5, 5.41) is 2.68. The lowest BCUT2D eigenvalue weighted by Gasteiger charge is -2.16. The van der Waals surface area contributed by atoms with Gasteiger partial charge in [0.1, 0.15) is 5.75 Å². The third-order valence-corrected chi connectivity index (χ3v) is 2.54. The number of benzene rings is 1. The minimum absolute atomic E-state index is 0.0948. The highest BCUT2D eigenvalue weighted by Crippen LogP contribution is 2.19. The van der Waals surface area contributed by atoms with Crippen LogP contribution in [0.5, 0.6) is 5.75 Å². The molecule has 1 atom stereocenters. The number of carbonyl (C=O) groups is 2. The van der Waals surface area contributed by atoms with Crippen LogP contribution in [-0.4, -0.2) is 38.1 Å². The molecule has 5 heteroatoms. The second kappa shape index (κ2) is 7.53. The maximum absolute atomic E-state index is 11.7. The molecule has 19 heavy (non-hydrogen) atoms. The summed E-state index contributed by atoms with van der Waals surface area (Å²) >= 11 is 0. The first-order valence-corrected chi connectivity index (χ1v) is 6.09. The van der Waals surface area contributed by atoms with E-state index in [4.69, 9.17) is 9.47 Å². The van der Waals surface area contributed by atoms with Crippen molar-refractivity contribution in [1.82, 2.24) is 5.32 Å². The first-order valence-electron chi connectivity index (χ1n) is 6.09. The molecule has 0 aliphatic rings. The highest BCUT2D eigenvalue weighted by atomic mass is 16.5. The molecule has 0 aromatic heterocycles. The van der Waals surface area contributed by atoms with Gasteiger partial charge in [-0.3, -0.25) is 9.59 Å². The molecule has 1 unspecified atom stereocenters. The van der Waals surface area contributed by atoms with Crippen LogP contribution in [0.1, 0.15) is 24.2 Å². The molecule has 104 valence electrons. The van der Waals surface area contributed by atoms with Gasteiger partial charge in [-0.25, -0.2) is 0 Å². The molecule has 0 saturated heterocycles. The lowest BCUT2D eigenvalue weighted by Crippen LogP contribution is -2.38. The molecule has 0 aliphatic heterocycles. The van der Waals surface area contributed by atoms with Gasteiger partial charge < -0.3 is 14.8 Å². The molecule has 1 N–H and O–H groups in total. The van der Waals surface area contributed by atoms with Crippen molar-refractivity contribution < 1.29 is 19.1 Å². The van der Waals surface area contributed by atoms with E-state index in [2.05, 4.69) is 5.32 Å². The minimum atomic E-state index is -0.669. The Kier molecular flexibility index (Phi) is 6.02. The average Bonchev–Trinajstić information content (AvgIpc) is 2.39. The fraction of sp³-hybridized carbons (Fsp3) is 0.429. The van der Waals surface area contributed by atoms with Crippen LogP contribution >= 0.6 is 0 Å². The summed E-state index contributed by atoms with van der Waals surface area (Å²) in [6, 6.07) is 6.87.